The summed E-state index contributed by atoms with van der Waals surface area (Å²) in [5.74, 6) is 2.30. The maximum absolute atomic E-state index is 6.06. The molecule has 0 spiro atoms. The van der Waals surface area contributed by atoms with Crippen LogP contribution in [0.15, 0.2) is 36.5 Å². The van der Waals surface area contributed by atoms with E-state index in [-0.39, 0.29) is 0 Å². The predicted octanol–water partition coefficient (Wildman–Crippen LogP) is 2.17. The molecule has 2 heterocycles. The third kappa shape index (κ3) is 2.35. The number of hydrogen-bond donors (Lipinski definition) is 1. The van der Waals surface area contributed by atoms with Crippen LogP contribution in [0.5, 0.6) is 5.75 Å². The van der Waals surface area contributed by atoms with Crippen molar-refractivity contribution in [2.45, 2.75) is 6.92 Å². The summed E-state index contributed by atoms with van der Waals surface area (Å²) >= 11 is 0. The van der Waals surface area contributed by atoms with Crippen LogP contribution < -0.4 is 10.5 Å². The lowest BCUT2D eigenvalue weighted by atomic mass is 10.3. The van der Waals surface area contributed by atoms with Crippen molar-refractivity contribution in [3.8, 4) is 22.8 Å². The second-order valence-corrected chi connectivity index (χ2v) is 4.85. The molecule has 0 aliphatic rings. The Balaban J connectivity index is 2.00. The molecule has 2 aromatic heterocycles. The number of benzene rings is 1. The van der Waals surface area contributed by atoms with Gasteiger partial charge in [-0.05, 0) is 31.2 Å². The lowest BCUT2D eigenvalue weighted by Crippen LogP contribution is -2.01. The van der Waals surface area contributed by atoms with E-state index in [0.717, 1.165) is 28.6 Å². The molecule has 0 bridgehead atoms. The molecule has 2 N–H and O–H groups in total. The summed E-state index contributed by atoms with van der Waals surface area (Å²) in [4.78, 5) is 4.47. The minimum atomic E-state index is 0.568. The van der Waals surface area contributed by atoms with Crippen molar-refractivity contribution in [3.05, 3.63) is 42.4 Å². The number of nitrogen functional groups attached to an aromatic ring is 1. The number of imidazole rings is 1. The number of nitrogens with zero attached hydrogens (tertiary/aromatic N) is 4. The highest BCUT2D eigenvalue weighted by Crippen LogP contribution is 2.23. The quantitative estimate of drug-likeness (QED) is 0.799. The number of nitrogens with two attached hydrogens (primary N) is 1. The number of hydrogen-bond acceptors (Lipinski definition) is 4. The second-order valence-electron chi connectivity index (χ2n) is 4.85. The molecule has 6 nitrogen and oxygen atoms in total. The monoisotopic (exact) mass is 283 g/mol. The van der Waals surface area contributed by atoms with Crippen LogP contribution >= 0.6 is 0 Å². The topological polar surface area (TPSA) is 70.9 Å². The second kappa shape index (κ2) is 4.97. The number of ether oxygens (including phenoxy) is 1. The van der Waals surface area contributed by atoms with Gasteiger partial charge < -0.3 is 15.0 Å². The number of anilines is 1. The zero-order valence-electron chi connectivity index (χ0n) is 12.2. The van der Waals surface area contributed by atoms with Crippen LogP contribution in [0.3, 0.4) is 0 Å². The summed E-state index contributed by atoms with van der Waals surface area (Å²) in [5.41, 5.74) is 8.51. The molecule has 3 rings (SSSR count). The highest BCUT2D eigenvalue weighted by molar-refractivity contribution is 5.60. The smallest absolute Gasteiger partial charge is 0.127 e. The molecule has 0 saturated carbocycles. The van der Waals surface area contributed by atoms with Crippen LogP contribution in [0, 0.1) is 6.92 Å². The van der Waals surface area contributed by atoms with Gasteiger partial charge in [0.25, 0.3) is 0 Å². The average molecular weight is 283 g/mol. The van der Waals surface area contributed by atoms with Crippen LogP contribution in [-0.4, -0.2) is 26.4 Å². The number of aryl methyl sites for hydroxylation is 2. The van der Waals surface area contributed by atoms with Crippen LogP contribution in [0.4, 0.5) is 5.82 Å². The fourth-order valence-electron chi connectivity index (χ4n) is 2.13. The van der Waals surface area contributed by atoms with E-state index in [4.69, 9.17) is 10.5 Å². The Hall–Kier alpha value is -2.76. The molecule has 0 aliphatic heterocycles. The van der Waals surface area contributed by atoms with E-state index in [1.165, 1.54) is 0 Å². The van der Waals surface area contributed by atoms with Gasteiger partial charge in [0.1, 0.15) is 28.8 Å². The molecule has 0 unspecified atom stereocenters. The molecule has 0 fully saturated rings. The van der Waals surface area contributed by atoms with E-state index in [9.17, 15) is 0 Å². The summed E-state index contributed by atoms with van der Waals surface area (Å²) in [6.45, 7) is 1.95. The summed E-state index contributed by atoms with van der Waals surface area (Å²) in [6.07, 6.45) is 1.94. The van der Waals surface area contributed by atoms with Gasteiger partial charge >= 0.3 is 0 Å². The minimum Gasteiger partial charge on any atom is -0.497 e. The molecule has 0 radical (unpaired) electrons. The van der Waals surface area contributed by atoms with Crippen molar-refractivity contribution >= 4 is 5.82 Å². The van der Waals surface area contributed by atoms with Gasteiger partial charge in [-0.2, -0.15) is 5.10 Å². The minimum absolute atomic E-state index is 0.568. The molecular weight excluding hydrogens is 266 g/mol. The molecular formula is C15H17N5O. The molecule has 0 atom stereocenters. The lowest BCUT2D eigenvalue weighted by molar-refractivity contribution is 0.414. The lowest BCUT2D eigenvalue weighted by Gasteiger charge is -2.05. The zero-order valence-corrected chi connectivity index (χ0v) is 12.2. The van der Waals surface area contributed by atoms with Gasteiger partial charge in [-0.1, -0.05) is 0 Å². The summed E-state index contributed by atoms with van der Waals surface area (Å²) in [6, 6.07) is 9.40. The summed E-state index contributed by atoms with van der Waals surface area (Å²) in [7, 11) is 3.59. The average Bonchev–Trinajstić information content (AvgIpc) is 3.03. The van der Waals surface area contributed by atoms with Crippen molar-refractivity contribution in [1.82, 2.24) is 19.3 Å². The third-order valence-corrected chi connectivity index (χ3v) is 3.42. The number of methoxy groups -OCH3 is 1. The standard InChI is InChI=1S/C15H17N5O/c1-10-17-14(9-19(10)2)13-8-15(16)20(18-13)11-4-6-12(21-3)7-5-11/h4-9H,16H2,1-3H3. The largest absolute Gasteiger partial charge is 0.497 e. The van der Waals surface area contributed by atoms with Gasteiger partial charge in [-0.3, -0.25) is 0 Å². The van der Waals surface area contributed by atoms with Crippen molar-refractivity contribution in [1.29, 1.82) is 0 Å². The first-order valence-corrected chi connectivity index (χ1v) is 6.59. The predicted molar refractivity (Wildman–Crippen MR) is 81.5 cm³/mol. The SMILES string of the molecule is COc1ccc(-n2nc(-c3cn(C)c(C)n3)cc2N)cc1. The Kier molecular flexibility index (Phi) is 3.13. The van der Waals surface area contributed by atoms with Gasteiger partial charge in [-0.25, -0.2) is 9.67 Å². The first-order valence-electron chi connectivity index (χ1n) is 6.59. The molecule has 21 heavy (non-hydrogen) atoms. The first-order chi connectivity index (χ1) is 10.1. The van der Waals surface area contributed by atoms with Crippen molar-refractivity contribution in [3.63, 3.8) is 0 Å². The van der Waals surface area contributed by atoms with Crippen molar-refractivity contribution in [2.24, 2.45) is 7.05 Å². The normalized spacial score (nSPS) is 10.8. The van der Waals surface area contributed by atoms with Gasteiger partial charge in [-0.15, -0.1) is 0 Å². The fourth-order valence-corrected chi connectivity index (χ4v) is 2.13. The zero-order chi connectivity index (χ0) is 15.0. The fraction of sp³-hybridized carbons (Fsp3) is 0.200. The van der Waals surface area contributed by atoms with Crippen molar-refractivity contribution < 1.29 is 4.74 Å². The van der Waals surface area contributed by atoms with Crippen LogP contribution in [0.2, 0.25) is 0 Å². The van der Waals surface area contributed by atoms with E-state index in [2.05, 4.69) is 10.1 Å². The first kappa shape index (κ1) is 13.2. The van der Waals surface area contributed by atoms with Gasteiger partial charge in [0.15, 0.2) is 0 Å². The molecule has 3 aromatic rings. The third-order valence-electron chi connectivity index (χ3n) is 3.42. The number of rotatable bonds is 3. The maximum atomic E-state index is 6.06. The number of aromatic nitrogens is 4. The Labute approximate surface area is 122 Å². The Morgan fingerprint density at radius 2 is 1.86 bits per heavy atom. The van der Waals surface area contributed by atoms with Gasteiger partial charge in [0.2, 0.25) is 0 Å². The molecule has 108 valence electrons. The molecule has 0 aliphatic carbocycles. The Morgan fingerprint density at radius 3 is 2.43 bits per heavy atom. The summed E-state index contributed by atoms with van der Waals surface area (Å²) < 4.78 is 8.80. The molecule has 1 aromatic carbocycles. The van der Waals surface area contributed by atoms with Crippen molar-refractivity contribution in [2.75, 3.05) is 12.8 Å². The van der Waals surface area contributed by atoms with E-state index in [1.807, 2.05) is 55.1 Å². The maximum Gasteiger partial charge on any atom is 0.127 e. The van der Waals surface area contributed by atoms with E-state index in [1.54, 1.807) is 11.8 Å². The van der Waals surface area contributed by atoms with Crippen LogP contribution in [0.25, 0.3) is 17.1 Å². The van der Waals surface area contributed by atoms with E-state index < -0.39 is 0 Å². The molecule has 0 amide bonds. The van der Waals surface area contributed by atoms with Crippen LogP contribution in [0.1, 0.15) is 5.82 Å². The van der Waals surface area contributed by atoms with Gasteiger partial charge in [0.05, 0.1) is 12.8 Å². The highest BCUT2D eigenvalue weighted by Gasteiger charge is 2.12. The Bertz CT molecular complexity index is 750. The highest BCUT2D eigenvalue weighted by atomic mass is 16.5. The molecule has 0 saturated heterocycles. The van der Waals surface area contributed by atoms with E-state index in [0.29, 0.717) is 5.82 Å². The van der Waals surface area contributed by atoms with Gasteiger partial charge in [0, 0.05) is 19.3 Å². The Morgan fingerprint density at radius 1 is 1.14 bits per heavy atom. The van der Waals surface area contributed by atoms with E-state index >= 15 is 0 Å². The van der Waals surface area contributed by atoms with Crippen LogP contribution in [-0.2, 0) is 7.05 Å². The summed E-state index contributed by atoms with van der Waals surface area (Å²) in [5, 5.41) is 4.54. The molecule has 6 heteroatoms.